The van der Waals surface area contributed by atoms with Crippen molar-refractivity contribution in [2.24, 2.45) is 5.41 Å². The Bertz CT molecular complexity index is 510. The molecule has 0 aromatic rings. The van der Waals surface area contributed by atoms with Gasteiger partial charge >= 0.3 is 7.60 Å². The number of carbonyl (C=O) groups excluding carboxylic acids is 1. The second kappa shape index (κ2) is 5.97. The molecule has 2 atom stereocenters. The summed E-state index contributed by atoms with van der Waals surface area (Å²) in [5.74, 6) is -0.101. The zero-order valence-electron chi connectivity index (χ0n) is 13.4. The van der Waals surface area contributed by atoms with Gasteiger partial charge in [-0.05, 0) is 43.8 Å². The maximum absolute atomic E-state index is 12.4. The number of hydrogen-bond acceptors (Lipinski definition) is 4. The lowest BCUT2D eigenvalue weighted by Gasteiger charge is -2.37. The fourth-order valence-electron chi connectivity index (χ4n) is 2.50. The van der Waals surface area contributed by atoms with Crippen molar-refractivity contribution in [3.63, 3.8) is 0 Å². The summed E-state index contributed by atoms with van der Waals surface area (Å²) < 4.78 is 22.2. The largest absolute Gasteiger partial charge is 0.328 e. The van der Waals surface area contributed by atoms with Gasteiger partial charge in [-0.1, -0.05) is 25.5 Å². The van der Waals surface area contributed by atoms with Gasteiger partial charge in [-0.3, -0.25) is 13.9 Å². The molecule has 0 spiro atoms. The number of rotatable bonds is 4. The van der Waals surface area contributed by atoms with E-state index in [2.05, 4.69) is 13.8 Å². The Morgan fingerprint density at radius 2 is 1.95 bits per heavy atom. The summed E-state index contributed by atoms with van der Waals surface area (Å²) in [6.07, 6.45) is 1.85. The lowest BCUT2D eigenvalue weighted by Crippen LogP contribution is -2.37. The molecule has 0 saturated carbocycles. The number of hydrogen-bond donors (Lipinski definition) is 0. The van der Waals surface area contributed by atoms with Crippen molar-refractivity contribution in [1.82, 2.24) is 0 Å². The molecule has 114 valence electrons. The van der Waals surface area contributed by atoms with Crippen LogP contribution in [0.3, 0.4) is 0 Å². The maximum Gasteiger partial charge on any atom is 0.328 e. The van der Waals surface area contributed by atoms with E-state index in [1.807, 2.05) is 26.8 Å². The van der Waals surface area contributed by atoms with Crippen LogP contribution in [-0.2, 0) is 18.4 Å². The first-order valence-corrected chi connectivity index (χ1v) is 8.71. The van der Waals surface area contributed by atoms with Gasteiger partial charge < -0.3 is 4.52 Å². The van der Waals surface area contributed by atoms with Gasteiger partial charge in [0.15, 0.2) is 5.78 Å². The number of allylic oxidation sites excluding steroid dienone is 3. The van der Waals surface area contributed by atoms with Gasteiger partial charge in [-0.15, -0.1) is 0 Å². The summed E-state index contributed by atoms with van der Waals surface area (Å²) in [5, 5.41) is 0. The van der Waals surface area contributed by atoms with Crippen LogP contribution < -0.4 is 0 Å². The quantitative estimate of drug-likeness (QED) is 0.733. The first-order valence-electron chi connectivity index (χ1n) is 6.72. The molecule has 1 rings (SSSR count). The minimum atomic E-state index is -3.17. The van der Waals surface area contributed by atoms with Crippen LogP contribution >= 0.6 is 7.60 Å². The zero-order chi connectivity index (χ0) is 15.7. The summed E-state index contributed by atoms with van der Waals surface area (Å²) in [5.41, 5.74) is 2.67. The van der Waals surface area contributed by atoms with Crippen molar-refractivity contribution in [3.05, 3.63) is 22.8 Å². The van der Waals surface area contributed by atoms with E-state index in [1.54, 1.807) is 0 Å². The van der Waals surface area contributed by atoms with Crippen LogP contribution in [0.2, 0.25) is 0 Å². The van der Waals surface area contributed by atoms with E-state index in [4.69, 9.17) is 9.05 Å². The molecule has 0 amide bonds. The maximum atomic E-state index is 12.4. The average Bonchev–Trinajstić information content (AvgIpc) is 2.31. The van der Waals surface area contributed by atoms with Crippen molar-refractivity contribution in [1.29, 1.82) is 0 Å². The van der Waals surface area contributed by atoms with Gasteiger partial charge in [0.25, 0.3) is 0 Å². The fraction of sp³-hybridized carbons (Fsp3) is 0.667. The molecule has 2 unspecified atom stereocenters. The van der Waals surface area contributed by atoms with E-state index in [9.17, 15) is 9.36 Å². The first kappa shape index (κ1) is 17.4. The molecule has 0 N–H and O–H groups in total. The summed E-state index contributed by atoms with van der Waals surface area (Å²) in [4.78, 5) is 12.4. The molecule has 4 nitrogen and oxygen atoms in total. The Balaban J connectivity index is 3.18. The van der Waals surface area contributed by atoms with Crippen LogP contribution in [0.15, 0.2) is 22.8 Å². The van der Waals surface area contributed by atoms with Crippen molar-refractivity contribution in [2.75, 3.05) is 13.8 Å². The molecular weight excluding hydrogens is 275 g/mol. The summed E-state index contributed by atoms with van der Waals surface area (Å²) in [7, 11) is -1.84. The zero-order valence-corrected chi connectivity index (χ0v) is 14.3. The lowest BCUT2D eigenvalue weighted by atomic mass is 9.70. The van der Waals surface area contributed by atoms with Crippen molar-refractivity contribution in [2.45, 2.75) is 47.1 Å². The van der Waals surface area contributed by atoms with E-state index in [-0.39, 0.29) is 11.2 Å². The molecule has 0 saturated heterocycles. The predicted octanol–water partition coefficient (Wildman–Crippen LogP) is 4.12. The highest BCUT2D eigenvalue weighted by Crippen LogP contribution is 2.49. The molecule has 5 heteroatoms. The third-order valence-electron chi connectivity index (χ3n) is 3.57. The summed E-state index contributed by atoms with van der Waals surface area (Å²) in [6.45, 7) is 11.4. The van der Waals surface area contributed by atoms with Crippen LogP contribution in [0.25, 0.3) is 0 Å². The summed E-state index contributed by atoms with van der Waals surface area (Å²) in [6, 6.07) is 0. The second-order valence-corrected chi connectivity index (χ2v) is 8.38. The third kappa shape index (κ3) is 3.91. The van der Waals surface area contributed by atoms with Crippen molar-refractivity contribution < 1.29 is 18.4 Å². The van der Waals surface area contributed by atoms with E-state index >= 15 is 0 Å². The van der Waals surface area contributed by atoms with E-state index in [0.29, 0.717) is 12.0 Å². The number of carbonyl (C=O) groups is 1. The highest BCUT2D eigenvalue weighted by Gasteiger charge is 2.40. The van der Waals surface area contributed by atoms with Gasteiger partial charge in [0.05, 0.1) is 0 Å². The SMILES string of the molecule is COP(C)(=O)OC1CC(C)(C)C(C=C(C)C)=C(C)C1=O. The molecule has 20 heavy (non-hydrogen) atoms. The predicted molar refractivity (Wildman–Crippen MR) is 80.9 cm³/mol. The smallest absolute Gasteiger partial charge is 0.312 e. The molecule has 0 aliphatic heterocycles. The van der Waals surface area contributed by atoms with Crippen molar-refractivity contribution >= 4 is 13.4 Å². The second-order valence-electron chi connectivity index (χ2n) is 6.26. The van der Waals surface area contributed by atoms with E-state index in [0.717, 1.165) is 11.1 Å². The Hall–Kier alpha value is -0.700. The van der Waals surface area contributed by atoms with E-state index in [1.165, 1.54) is 13.8 Å². The number of ketones is 1. The monoisotopic (exact) mass is 300 g/mol. The van der Waals surface area contributed by atoms with Gasteiger partial charge in [-0.2, -0.15) is 0 Å². The molecule has 0 bridgehead atoms. The normalized spacial score (nSPS) is 25.4. The van der Waals surface area contributed by atoms with Gasteiger partial charge in [0, 0.05) is 13.8 Å². The molecule has 0 aromatic heterocycles. The molecule has 1 aliphatic rings. The minimum Gasteiger partial charge on any atom is -0.312 e. The van der Waals surface area contributed by atoms with Crippen LogP contribution in [0.1, 0.15) is 41.0 Å². The lowest BCUT2D eigenvalue weighted by molar-refractivity contribution is -0.124. The molecule has 0 heterocycles. The molecule has 0 radical (unpaired) electrons. The van der Waals surface area contributed by atoms with Gasteiger partial charge in [0.1, 0.15) is 6.10 Å². The summed E-state index contributed by atoms with van der Waals surface area (Å²) >= 11 is 0. The Morgan fingerprint density at radius 3 is 2.40 bits per heavy atom. The van der Waals surface area contributed by atoms with Crippen LogP contribution in [0.4, 0.5) is 0 Å². The van der Waals surface area contributed by atoms with Crippen LogP contribution in [0.5, 0.6) is 0 Å². The fourth-order valence-corrected chi connectivity index (χ4v) is 3.22. The van der Waals surface area contributed by atoms with Gasteiger partial charge in [0.2, 0.25) is 0 Å². The molecule has 0 fully saturated rings. The van der Waals surface area contributed by atoms with Crippen molar-refractivity contribution in [3.8, 4) is 0 Å². The van der Waals surface area contributed by atoms with Crippen LogP contribution in [-0.4, -0.2) is 25.7 Å². The minimum absolute atomic E-state index is 0.101. The number of Topliss-reactive ketones (excluding diaryl/α,β-unsaturated/α-hetero) is 1. The Labute approximate surface area is 121 Å². The van der Waals surface area contributed by atoms with Crippen LogP contribution in [0, 0.1) is 5.41 Å². The third-order valence-corrected chi connectivity index (χ3v) is 4.87. The molecule has 0 aromatic carbocycles. The van der Waals surface area contributed by atoms with E-state index < -0.39 is 13.7 Å². The first-order chi connectivity index (χ1) is 9.00. The Kier molecular flexibility index (Phi) is 5.18. The standard InChI is InChI=1S/C15H25O4P/c1-10(2)8-12-11(3)14(16)13(9-15(12,4)5)19-20(7,17)18-6/h8,13H,9H2,1-7H3. The highest BCUT2D eigenvalue weighted by molar-refractivity contribution is 7.53. The highest BCUT2D eigenvalue weighted by atomic mass is 31.2. The Morgan fingerprint density at radius 1 is 1.40 bits per heavy atom. The molecule has 1 aliphatic carbocycles. The van der Waals surface area contributed by atoms with Gasteiger partial charge in [-0.25, -0.2) is 0 Å². The average molecular weight is 300 g/mol. The molecular formula is C15H25O4P. The topological polar surface area (TPSA) is 52.6 Å².